The number of amides is 1. The fourth-order valence-corrected chi connectivity index (χ4v) is 5.08. The summed E-state index contributed by atoms with van der Waals surface area (Å²) in [4.78, 5) is 37.8. The number of nitrogens with one attached hydrogen (secondary N) is 1. The first kappa shape index (κ1) is 23.7. The normalized spacial score (nSPS) is 15.5. The maximum Gasteiger partial charge on any atom is 0.341 e. The van der Waals surface area contributed by atoms with Crippen molar-refractivity contribution in [3.05, 3.63) is 57.5 Å². The van der Waals surface area contributed by atoms with Crippen molar-refractivity contribution >= 4 is 40.3 Å². The van der Waals surface area contributed by atoms with Gasteiger partial charge in [-0.3, -0.25) is 4.79 Å². The summed E-state index contributed by atoms with van der Waals surface area (Å²) < 4.78 is 9.98. The molecule has 0 saturated heterocycles. The molecule has 0 radical (unpaired) electrons. The number of fused-ring (bicyclic) bond motifs is 1. The molecule has 7 heteroatoms. The average molecular weight is 456 g/mol. The predicted molar refractivity (Wildman–Crippen MR) is 126 cm³/mol. The third-order valence-corrected chi connectivity index (χ3v) is 6.68. The summed E-state index contributed by atoms with van der Waals surface area (Å²) in [5, 5.41) is 3.18. The fraction of sp³-hybridized carbons (Fsp3) is 0.400. The molecule has 1 aromatic carbocycles. The number of hydrogen-bond donors (Lipinski definition) is 1. The molecule has 0 saturated carbocycles. The van der Waals surface area contributed by atoms with E-state index in [-0.39, 0.29) is 0 Å². The maximum atomic E-state index is 12.4. The van der Waals surface area contributed by atoms with Gasteiger partial charge in [0.1, 0.15) is 5.00 Å². The zero-order valence-corrected chi connectivity index (χ0v) is 19.7. The monoisotopic (exact) mass is 455 g/mol. The highest BCUT2D eigenvalue weighted by molar-refractivity contribution is 7.17. The van der Waals surface area contributed by atoms with E-state index in [0.717, 1.165) is 35.3 Å². The summed E-state index contributed by atoms with van der Waals surface area (Å²) in [6.07, 6.45) is 5.59. The molecule has 1 atom stereocenters. The number of anilines is 1. The van der Waals surface area contributed by atoms with Crippen LogP contribution < -0.4 is 5.32 Å². The van der Waals surface area contributed by atoms with E-state index in [4.69, 9.17) is 9.47 Å². The average Bonchev–Trinajstić information content (AvgIpc) is 3.12. The molecule has 6 nitrogen and oxygen atoms in total. The van der Waals surface area contributed by atoms with Crippen molar-refractivity contribution in [2.75, 3.05) is 19.0 Å². The molecule has 0 aliphatic heterocycles. The van der Waals surface area contributed by atoms with Crippen LogP contribution in [0, 0.1) is 5.92 Å². The molecular weight excluding hydrogens is 426 g/mol. The molecule has 0 fully saturated rings. The van der Waals surface area contributed by atoms with Gasteiger partial charge >= 0.3 is 11.9 Å². The van der Waals surface area contributed by atoms with Gasteiger partial charge in [0.15, 0.2) is 6.61 Å². The van der Waals surface area contributed by atoms with E-state index in [1.807, 2.05) is 24.3 Å². The second-order valence-electron chi connectivity index (χ2n) is 8.36. The largest absolute Gasteiger partial charge is 0.465 e. The third kappa shape index (κ3) is 5.85. The SMILES string of the molecule is COC(=O)c1c(NC(=O)COC(=O)/C=C/c2ccc(C(C)C)cc2)sc2c1CCC(C)C2. The highest BCUT2D eigenvalue weighted by atomic mass is 32.1. The lowest BCUT2D eigenvalue weighted by atomic mass is 9.88. The van der Waals surface area contributed by atoms with Gasteiger partial charge in [-0.05, 0) is 53.9 Å². The minimum absolute atomic E-state index is 0.420. The summed E-state index contributed by atoms with van der Waals surface area (Å²) in [6.45, 7) is 5.97. The van der Waals surface area contributed by atoms with Crippen molar-refractivity contribution in [2.45, 2.75) is 46.0 Å². The number of rotatable bonds is 7. The van der Waals surface area contributed by atoms with Crippen LogP contribution in [0.3, 0.4) is 0 Å². The quantitative estimate of drug-likeness (QED) is 0.470. The predicted octanol–water partition coefficient (Wildman–Crippen LogP) is 4.98. The number of esters is 2. The van der Waals surface area contributed by atoms with E-state index in [0.29, 0.717) is 22.4 Å². The summed E-state index contributed by atoms with van der Waals surface area (Å²) in [6, 6.07) is 7.89. The van der Waals surface area contributed by atoms with Gasteiger partial charge in [0.2, 0.25) is 0 Å². The number of carbonyl (C=O) groups excluding carboxylic acids is 3. The van der Waals surface area contributed by atoms with Crippen LogP contribution in [0.5, 0.6) is 0 Å². The van der Waals surface area contributed by atoms with Crippen molar-refractivity contribution in [3.8, 4) is 0 Å². The van der Waals surface area contributed by atoms with Crippen molar-refractivity contribution in [3.63, 3.8) is 0 Å². The topological polar surface area (TPSA) is 81.7 Å². The van der Waals surface area contributed by atoms with Crippen molar-refractivity contribution in [2.24, 2.45) is 5.92 Å². The van der Waals surface area contributed by atoms with Crippen LogP contribution in [-0.2, 0) is 31.9 Å². The van der Waals surface area contributed by atoms with E-state index in [9.17, 15) is 14.4 Å². The summed E-state index contributed by atoms with van der Waals surface area (Å²) in [5.41, 5.74) is 3.47. The highest BCUT2D eigenvalue weighted by Gasteiger charge is 2.28. The fourth-order valence-electron chi connectivity index (χ4n) is 3.66. The van der Waals surface area contributed by atoms with Gasteiger partial charge in [-0.25, -0.2) is 9.59 Å². The Bertz CT molecular complexity index is 1020. The van der Waals surface area contributed by atoms with Crippen LogP contribution in [0.25, 0.3) is 6.08 Å². The smallest absolute Gasteiger partial charge is 0.341 e. The van der Waals surface area contributed by atoms with E-state index in [1.54, 1.807) is 6.08 Å². The molecule has 1 unspecified atom stereocenters. The van der Waals surface area contributed by atoms with Gasteiger partial charge in [0.25, 0.3) is 5.91 Å². The first-order valence-electron chi connectivity index (χ1n) is 10.8. The second-order valence-corrected chi connectivity index (χ2v) is 9.46. The number of hydrogen-bond acceptors (Lipinski definition) is 6. The number of ether oxygens (including phenoxy) is 2. The van der Waals surface area contributed by atoms with Crippen LogP contribution in [-0.4, -0.2) is 31.6 Å². The molecule has 1 aromatic heterocycles. The minimum Gasteiger partial charge on any atom is -0.465 e. The Morgan fingerprint density at radius 3 is 2.59 bits per heavy atom. The molecule has 1 heterocycles. The Balaban J connectivity index is 1.59. The van der Waals surface area contributed by atoms with Gasteiger partial charge in [-0.15, -0.1) is 11.3 Å². The third-order valence-electron chi connectivity index (χ3n) is 5.51. The molecular formula is C25H29NO5S. The molecule has 0 spiro atoms. The molecule has 1 N–H and O–H groups in total. The van der Waals surface area contributed by atoms with Gasteiger partial charge in [0.05, 0.1) is 12.7 Å². The van der Waals surface area contributed by atoms with Gasteiger partial charge < -0.3 is 14.8 Å². The van der Waals surface area contributed by atoms with Crippen LogP contribution >= 0.6 is 11.3 Å². The molecule has 1 aliphatic rings. The summed E-state index contributed by atoms with van der Waals surface area (Å²) >= 11 is 1.40. The van der Waals surface area contributed by atoms with Gasteiger partial charge in [-0.1, -0.05) is 45.0 Å². The molecule has 170 valence electrons. The molecule has 3 rings (SSSR count). The van der Waals surface area contributed by atoms with Gasteiger partial charge in [-0.2, -0.15) is 0 Å². The molecule has 0 bridgehead atoms. The van der Waals surface area contributed by atoms with Crippen LogP contribution in [0.1, 0.15) is 65.0 Å². The van der Waals surface area contributed by atoms with Crippen LogP contribution in [0.15, 0.2) is 30.3 Å². The number of thiophene rings is 1. The number of methoxy groups -OCH3 is 1. The second kappa shape index (κ2) is 10.6. The Morgan fingerprint density at radius 2 is 1.94 bits per heavy atom. The van der Waals surface area contributed by atoms with Crippen molar-refractivity contribution in [1.29, 1.82) is 0 Å². The lowest BCUT2D eigenvalue weighted by Gasteiger charge is -2.18. The molecule has 2 aromatic rings. The van der Waals surface area contributed by atoms with Crippen LogP contribution in [0.4, 0.5) is 5.00 Å². The maximum absolute atomic E-state index is 12.4. The highest BCUT2D eigenvalue weighted by Crippen LogP contribution is 2.40. The molecule has 1 amide bonds. The lowest BCUT2D eigenvalue weighted by Crippen LogP contribution is -2.21. The van der Waals surface area contributed by atoms with Crippen molar-refractivity contribution < 1.29 is 23.9 Å². The zero-order chi connectivity index (χ0) is 23.3. The first-order chi connectivity index (χ1) is 15.3. The standard InChI is InChI=1S/C25H29NO5S/c1-15(2)18-9-6-17(7-10-18)8-12-22(28)31-14-21(27)26-24-23(25(29)30-4)19-11-5-16(3)13-20(19)32-24/h6-10,12,15-16H,5,11,13-14H2,1-4H3,(H,26,27)/b12-8+. The number of benzene rings is 1. The molecule has 1 aliphatic carbocycles. The summed E-state index contributed by atoms with van der Waals surface area (Å²) in [5.74, 6) is -0.598. The Kier molecular flexibility index (Phi) is 7.85. The lowest BCUT2D eigenvalue weighted by molar-refractivity contribution is -0.142. The van der Waals surface area contributed by atoms with Crippen molar-refractivity contribution in [1.82, 2.24) is 0 Å². The summed E-state index contributed by atoms with van der Waals surface area (Å²) in [7, 11) is 1.33. The minimum atomic E-state index is -0.611. The Morgan fingerprint density at radius 1 is 1.22 bits per heavy atom. The first-order valence-corrected chi connectivity index (χ1v) is 11.6. The van der Waals surface area contributed by atoms with E-state index in [2.05, 4.69) is 26.1 Å². The molecule has 32 heavy (non-hydrogen) atoms. The van der Waals surface area contributed by atoms with E-state index < -0.39 is 24.5 Å². The van der Waals surface area contributed by atoms with Crippen LogP contribution in [0.2, 0.25) is 0 Å². The zero-order valence-electron chi connectivity index (χ0n) is 18.9. The van der Waals surface area contributed by atoms with E-state index in [1.165, 1.54) is 30.1 Å². The Hall–Kier alpha value is -2.93. The van der Waals surface area contributed by atoms with Gasteiger partial charge in [0, 0.05) is 11.0 Å². The number of carbonyl (C=O) groups is 3. The Labute approximate surface area is 192 Å². The van der Waals surface area contributed by atoms with E-state index >= 15 is 0 Å².